The topological polar surface area (TPSA) is 52.0 Å². The van der Waals surface area contributed by atoms with E-state index in [0.717, 1.165) is 49.5 Å². The molecule has 2 N–H and O–H groups in total. The Balaban J connectivity index is 1.41. The highest BCUT2D eigenvalue weighted by Crippen LogP contribution is 2.29. The van der Waals surface area contributed by atoms with Gasteiger partial charge in [-0.3, -0.25) is 4.79 Å². The first kappa shape index (κ1) is 21.1. The monoisotopic (exact) mass is 417 g/mol. The van der Waals surface area contributed by atoms with Crippen LogP contribution in [-0.2, 0) is 9.53 Å². The molecule has 3 aromatic carbocycles. The van der Waals surface area contributed by atoms with Crippen molar-refractivity contribution in [2.45, 2.75) is 6.04 Å². The summed E-state index contributed by atoms with van der Waals surface area (Å²) in [5.74, 6) is 0.586. The average Bonchev–Trinajstić information content (AvgIpc) is 2.84. The molecule has 1 amide bonds. The van der Waals surface area contributed by atoms with Crippen LogP contribution in [0.5, 0.6) is 5.75 Å². The van der Waals surface area contributed by atoms with Gasteiger partial charge in [-0.2, -0.15) is 0 Å². The Kier molecular flexibility index (Phi) is 7.32. The third kappa shape index (κ3) is 5.94. The number of ether oxygens (including phenoxy) is 2. The van der Waals surface area contributed by atoms with Gasteiger partial charge in [0.25, 0.3) is 5.91 Å². The number of morpholine rings is 1. The van der Waals surface area contributed by atoms with Crippen LogP contribution in [0.4, 0.5) is 0 Å². The summed E-state index contributed by atoms with van der Waals surface area (Å²) >= 11 is 0. The predicted molar refractivity (Wildman–Crippen MR) is 121 cm³/mol. The Morgan fingerprint density at radius 2 is 1.55 bits per heavy atom. The summed E-state index contributed by atoms with van der Waals surface area (Å²) in [5.41, 5.74) is 3.16. The Morgan fingerprint density at radius 1 is 0.903 bits per heavy atom. The molecule has 5 nitrogen and oxygen atoms in total. The van der Waals surface area contributed by atoms with Crippen LogP contribution in [0.3, 0.4) is 0 Å². The molecule has 3 aromatic rings. The molecule has 0 radical (unpaired) electrons. The van der Waals surface area contributed by atoms with E-state index in [1.54, 1.807) is 0 Å². The largest absolute Gasteiger partial charge is 0.483 e. The number of hydrogen-bond donors (Lipinski definition) is 2. The number of rotatable bonds is 8. The van der Waals surface area contributed by atoms with Crippen LogP contribution >= 0.6 is 0 Å². The minimum Gasteiger partial charge on any atom is -0.483 e. The number of para-hydroxylation sites is 1. The second-order valence-corrected chi connectivity index (χ2v) is 7.75. The predicted octanol–water partition coefficient (Wildman–Crippen LogP) is 2.50. The van der Waals surface area contributed by atoms with Gasteiger partial charge in [0.1, 0.15) is 31.4 Å². The van der Waals surface area contributed by atoms with E-state index in [0.29, 0.717) is 5.75 Å². The van der Waals surface area contributed by atoms with Crippen molar-refractivity contribution in [1.82, 2.24) is 5.32 Å². The van der Waals surface area contributed by atoms with Crippen molar-refractivity contribution in [3.8, 4) is 16.9 Å². The molecule has 0 bridgehead atoms. The van der Waals surface area contributed by atoms with Crippen molar-refractivity contribution >= 4 is 5.91 Å². The molecule has 0 aromatic heterocycles. The molecular formula is C26H29N2O3+. The number of amides is 1. The molecule has 1 aliphatic heterocycles. The molecule has 1 aliphatic rings. The third-order valence-electron chi connectivity index (χ3n) is 5.56. The highest BCUT2D eigenvalue weighted by molar-refractivity contribution is 5.78. The maximum atomic E-state index is 12.8. The highest BCUT2D eigenvalue weighted by atomic mass is 16.5. The van der Waals surface area contributed by atoms with Crippen molar-refractivity contribution in [2.75, 3.05) is 39.5 Å². The smallest absolute Gasteiger partial charge is 0.258 e. The van der Waals surface area contributed by atoms with Gasteiger partial charge in [0.15, 0.2) is 6.61 Å². The first-order valence-electron chi connectivity index (χ1n) is 10.8. The average molecular weight is 418 g/mol. The highest BCUT2D eigenvalue weighted by Gasteiger charge is 2.23. The molecule has 5 heteroatoms. The summed E-state index contributed by atoms with van der Waals surface area (Å²) in [6.07, 6.45) is 0. The summed E-state index contributed by atoms with van der Waals surface area (Å²) in [7, 11) is 0. The lowest BCUT2D eigenvalue weighted by Gasteiger charge is -2.28. The third-order valence-corrected chi connectivity index (χ3v) is 5.56. The molecule has 0 unspecified atom stereocenters. The fraction of sp³-hybridized carbons (Fsp3) is 0.269. The lowest BCUT2D eigenvalue weighted by molar-refractivity contribution is -0.909. The molecule has 4 rings (SSSR count). The molecule has 1 fully saturated rings. The zero-order chi connectivity index (χ0) is 21.3. The summed E-state index contributed by atoms with van der Waals surface area (Å²) < 4.78 is 11.4. The van der Waals surface area contributed by atoms with Crippen LogP contribution in [0.25, 0.3) is 11.1 Å². The van der Waals surface area contributed by atoms with E-state index in [4.69, 9.17) is 9.47 Å². The Morgan fingerprint density at radius 3 is 2.29 bits per heavy atom. The molecule has 31 heavy (non-hydrogen) atoms. The van der Waals surface area contributed by atoms with E-state index in [-0.39, 0.29) is 18.6 Å². The van der Waals surface area contributed by atoms with Crippen LogP contribution in [-0.4, -0.2) is 45.4 Å². The van der Waals surface area contributed by atoms with Gasteiger partial charge in [-0.15, -0.1) is 0 Å². The van der Waals surface area contributed by atoms with Crippen molar-refractivity contribution in [1.29, 1.82) is 0 Å². The zero-order valence-electron chi connectivity index (χ0n) is 17.6. The van der Waals surface area contributed by atoms with Crippen molar-refractivity contribution < 1.29 is 19.2 Å². The van der Waals surface area contributed by atoms with E-state index in [1.165, 1.54) is 4.90 Å². The summed E-state index contributed by atoms with van der Waals surface area (Å²) in [6, 6.07) is 28.0. The van der Waals surface area contributed by atoms with Gasteiger partial charge in [0.05, 0.1) is 13.2 Å². The minimum atomic E-state index is -0.121. The molecule has 1 heterocycles. The number of nitrogens with one attached hydrogen (secondary N) is 2. The maximum absolute atomic E-state index is 12.8. The van der Waals surface area contributed by atoms with E-state index in [1.807, 2.05) is 72.8 Å². The summed E-state index contributed by atoms with van der Waals surface area (Å²) in [5, 5.41) is 3.18. The quantitative estimate of drug-likeness (QED) is 0.592. The minimum absolute atomic E-state index is 0.0222. The van der Waals surface area contributed by atoms with Crippen LogP contribution in [0, 0.1) is 0 Å². The van der Waals surface area contributed by atoms with Crippen molar-refractivity contribution in [2.24, 2.45) is 0 Å². The van der Waals surface area contributed by atoms with Gasteiger partial charge >= 0.3 is 0 Å². The van der Waals surface area contributed by atoms with Crippen LogP contribution in [0.15, 0.2) is 84.9 Å². The maximum Gasteiger partial charge on any atom is 0.258 e. The van der Waals surface area contributed by atoms with E-state index < -0.39 is 0 Å². The molecule has 0 aliphatic carbocycles. The molecule has 160 valence electrons. The lowest BCUT2D eigenvalue weighted by atomic mass is 10.0. The first-order valence-corrected chi connectivity index (χ1v) is 10.8. The van der Waals surface area contributed by atoms with Gasteiger partial charge in [-0.1, -0.05) is 78.9 Å². The fourth-order valence-corrected chi connectivity index (χ4v) is 3.92. The van der Waals surface area contributed by atoms with Gasteiger partial charge in [0.2, 0.25) is 0 Å². The second-order valence-electron chi connectivity index (χ2n) is 7.75. The molecule has 0 saturated carbocycles. The van der Waals surface area contributed by atoms with E-state index in [2.05, 4.69) is 17.4 Å². The van der Waals surface area contributed by atoms with Crippen LogP contribution in [0.1, 0.15) is 11.6 Å². The van der Waals surface area contributed by atoms with Crippen molar-refractivity contribution in [3.63, 3.8) is 0 Å². The van der Waals surface area contributed by atoms with Gasteiger partial charge in [-0.25, -0.2) is 0 Å². The molecule has 1 saturated heterocycles. The van der Waals surface area contributed by atoms with E-state index >= 15 is 0 Å². The fourth-order valence-electron chi connectivity index (χ4n) is 3.92. The first-order chi connectivity index (χ1) is 15.3. The molecule has 0 spiro atoms. The number of quaternary nitrogens is 1. The summed E-state index contributed by atoms with van der Waals surface area (Å²) in [6.45, 7) is 4.26. The number of carbonyl (C=O) groups is 1. The Bertz CT molecular complexity index is 957. The Hall–Kier alpha value is -3.15. The number of carbonyl (C=O) groups excluding carboxylic acids is 1. The summed E-state index contributed by atoms with van der Waals surface area (Å²) in [4.78, 5) is 14.3. The van der Waals surface area contributed by atoms with E-state index in [9.17, 15) is 4.79 Å². The SMILES string of the molecule is O=C(COc1ccccc1-c1ccccc1)N[C@H](C[NH+]1CCOCC1)c1ccccc1. The second kappa shape index (κ2) is 10.8. The van der Waals surface area contributed by atoms with Crippen LogP contribution in [0.2, 0.25) is 0 Å². The standard InChI is InChI=1S/C26H28N2O3/c29-26(20-31-25-14-8-7-13-23(25)21-9-3-1-4-10-21)27-24(22-11-5-2-6-12-22)19-28-15-17-30-18-16-28/h1-14,24H,15-20H2,(H,27,29)/p+1/t24-/m1/s1. The zero-order valence-corrected chi connectivity index (χ0v) is 17.6. The van der Waals surface area contributed by atoms with Gasteiger partial charge in [-0.05, 0) is 17.2 Å². The Labute approximate surface area is 183 Å². The molecular weight excluding hydrogens is 388 g/mol. The lowest BCUT2D eigenvalue weighted by Crippen LogP contribution is -3.14. The normalized spacial score (nSPS) is 15.2. The van der Waals surface area contributed by atoms with Crippen molar-refractivity contribution in [3.05, 3.63) is 90.5 Å². The number of benzene rings is 3. The van der Waals surface area contributed by atoms with Crippen LogP contribution < -0.4 is 15.0 Å². The molecule has 1 atom stereocenters. The number of hydrogen-bond acceptors (Lipinski definition) is 3. The van der Waals surface area contributed by atoms with Gasteiger partial charge < -0.3 is 19.7 Å². The van der Waals surface area contributed by atoms with Gasteiger partial charge in [0, 0.05) is 5.56 Å².